The Bertz CT molecular complexity index is 1150. The molecule has 6 nitrogen and oxygen atoms in total. The Balaban J connectivity index is 4.43. The van der Waals surface area contributed by atoms with Gasteiger partial charge in [-0.15, -0.1) is 0 Å². The predicted molar refractivity (Wildman–Crippen MR) is 270 cm³/mol. The molecule has 0 amide bonds. The van der Waals surface area contributed by atoms with Gasteiger partial charge >= 0.3 is 17.9 Å². The van der Waals surface area contributed by atoms with Crippen molar-refractivity contribution in [2.24, 2.45) is 0 Å². The van der Waals surface area contributed by atoms with Gasteiger partial charge in [-0.25, -0.2) is 0 Å². The molecule has 0 aliphatic carbocycles. The molecule has 0 spiro atoms. The number of carbonyl (C=O) groups is 3. The smallest absolute Gasteiger partial charge is 0.306 e. The van der Waals surface area contributed by atoms with Crippen molar-refractivity contribution in [1.29, 1.82) is 0 Å². The summed E-state index contributed by atoms with van der Waals surface area (Å²) in [6, 6.07) is 0. The molecule has 0 aliphatic rings. The van der Waals surface area contributed by atoms with E-state index >= 15 is 0 Å². The summed E-state index contributed by atoms with van der Waals surface area (Å²) in [5.74, 6) is -0.972. The molecule has 0 aromatic rings. The molecule has 0 heterocycles. The highest BCUT2D eigenvalue weighted by Crippen LogP contribution is 2.15. The quantitative estimate of drug-likeness (QED) is 0.0262. The van der Waals surface area contributed by atoms with Gasteiger partial charge in [0.05, 0.1) is 0 Å². The summed E-state index contributed by atoms with van der Waals surface area (Å²) in [7, 11) is 0. The van der Waals surface area contributed by atoms with Gasteiger partial charge in [-0.2, -0.15) is 0 Å². The zero-order valence-electron chi connectivity index (χ0n) is 41.6. The number of allylic oxidation sites excluding steroid dienone is 10. The van der Waals surface area contributed by atoms with Crippen LogP contribution >= 0.6 is 0 Å². The van der Waals surface area contributed by atoms with Gasteiger partial charge in [-0.05, 0) is 57.8 Å². The molecule has 0 aromatic heterocycles. The highest BCUT2D eigenvalue weighted by Gasteiger charge is 2.19. The highest BCUT2D eigenvalue weighted by atomic mass is 16.6. The van der Waals surface area contributed by atoms with Gasteiger partial charge in [-0.1, -0.05) is 248 Å². The van der Waals surface area contributed by atoms with E-state index in [2.05, 4.69) is 75.5 Å². The Kier molecular flexibility index (Phi) is 49.4. The number of carbonyl (C=O) groups excluding carboxylic acids is 3. The van der Waals surface area contributed by atoms with Crippen LogP contribution in [0.4, 0.5) is 0 Å². The molecule has 0 saturated heterocycles. The zero-order valence-corrected chi connectivity index (χ0v) is 41.6. The van der Waals surface area contributed by atoms with E-state index < -0.39 is 6.10 Å². The van der Waals surface area contributed by atoms with Crippen molar-refractivity contribution in [1.82, 2.24) is 0 Å². The number of hydrogen-bond acceptors (Lipinski definition) is 6. The third-order valence-corrected chi connectivity index (χ3v) is 11.5. The van der Waals surface area contributed by atoms with Crippen LogP contribution in [-0.4, -0.2) is 37.2 Å². The summed E-state index contributed by atoms with van der Waals surface area (Å²) < 4.78 is 16.7. The first-order valence-electron chi connectivity index (χ1n) is 26.8. The van der Waals surface area contributed by atoms with Crippen LogP contribution in [0.25, 0.3) is 0 Å². The van der Waals surface area contributed by atoms with Gasteiger partial charge in [0.25, 0.3) is 0 Å². The minimum absolute atomic E-state index is 0.0934. The maximum Gasteiger partial charge on any atom is 0.306 e. The molecule has 0 unspecified atom stereocenters. The van der Waals surface area contributed by atoms with Gasteiger partial charge in [0.2, 0.25) is 0 Å². The summed E-state index contributed by atoms with van der Waals surface area (Å²) >= 11 is 0. The molecule has 63 heavy (non-hydrogen) atoms. The lowest BCUT2D eigenvalue weighted by Crippen LogP contribution is -2.30. The van der Waals surface area contributed by atoms with Crippen LogP contribution in [-0.2, 0) is 28.6 Å². The molecular formula is C57H100O6. The lowest BCUT2D eigenvalue weighted by atomic mass is 10.0. The number of hydrogen-bond donors (Lipinski definition) is 0. The van der Waals surface area contributed by atoms with Crippen molar-refractivity contribution in [2.75, 3.05) is 13.2 Å². The molecule has 0 rings (SSSR count). The molecule has 0 radical (unpaired) electrons. The summed E-state index contributed by atoms with van der Waals surface area (Å²) in [6.45, 7) is 6.55. The summed E-state index contributed by atoms with van der Waals surface area (Å²) in [6.07, 6.45) is 63.6. The maximum atomic E-state index is 12.8. The van der Waals surface area contributed by atoms with E-state index in [4.69, 9.17) is 14.2 Å². The summed E-state index contributed by atoms with van der Waals surface area (Å²) in [5, 5.41) is 0. The van der Waals surface area contributed by atoms with Gasteiger partial charge in [-0.3, -0.25) is 14.4 Å². The number of unbranched alkanes of at least 4 members (excludes halogenated alkanes) is 27. The highest BCUT2D eigenvalue weighted by molar-refractivity contribution is 5.71. The Morgan fingerprint density at radius 3 is 0.984 bits per heavy atom. The van der Waals surface area contributed by atoms with Crippen LogP contribution in [0, 0.1) is 0 Å². The van der Waals surface area contributed by atoms with Crippen molar-refractivity contribution >= 4 is 17.9 Å². The molecule has 364 valence electrons. The fourth-order valence-electron chi connectivity index (χ4n) is 7.48. The normalized spacial score (nSPS) is 12.5. The van der Waals surface area contributed by atoms with Crippen LogP contribution in [0.1, 0.15) is 265 Å². The largest absolute Gasteiger partial charge is 0.462 e. The fourth-order valence-corrected chi connectivity index (χ4v) is 7.48. The van der Waals surface area contributed by atoms with Gasteiger partial charge < -0.3 is 14.2 Å². The summed E-state index contributed by atoms with van der Waals surface area (Å²) in [5.41, 5.74) is 0. The van der Waals surface area contributed by atoms with Crippen molar-refractivity contribution in [3.63, 3.8) is 0 Å². The van der Waals surface area contributed by atoms with E-state index in [0.29, 0.717) is 19.3 Å². The van der Waals surface area contributed by atoms with E-state index in [1.807, 2.05) is 6.08 Å². The monoisotopic (exact) mass is 881 g/mol. The van der Waals surface area contributed by atoms with E-state index in [9.17, 15) is 14.4 Å². The lowest BCUT2D eigenvalue weighted by Gasteiger charge is -2.18. The van der Waals surface area contributed by atoms with E-state index in [-0.39, 0.29) is 37.5 Å². The third kappa shape index (κ3) is 50.0. The fraction of sp³-hybridized carbons (Fsp3) is 0.772. The first-order valence-corrected chi connectivity index (χ1v) is 26.8. The molecule has 0 N–H and O–H groups in total. The Morgan fingerprint density at radius 2 is 0.603 bits per heavy atom. The minimum Gasteiger partial charge on any atom is -0.462 e. The zero-order chi connectivity index (χ0) is 45.8. The average molecular weight is 881 g/mol. The standard InChI is InChI=1S/C57H100O6/c1-4-7-10-13-16-19-22-24-26-27-28-29-31-33-36-38-41-44-47-50-56(59)62-53-54(63-57(60)51-48-45-42-39-34-21-18-15-12-9-6-3)52-61-55(58)49-46-43-40-37-35-32-30-25-23-20-17-14-11-8-5-2/h16,19,24,26,28-29,33,36,41,44,54H,4-15,17-18,20-23,25,27,30-32,34-35,37-40,42-43,45-53H2,1-3H3/b19-16-,26-24-,29-28-,36-33-,44-41-/t54-/m0/s1. The van der Waals surface area contributed by atoms with Crippen LogP contribution < -0.4 is 0 Å². The Hall–Kier alpha value is -2.89. The molecule has 1 atom stereocenters. The van der Waals surface area contributed by atoms with Crippen LogP contribution in [0.2, 0.25) is 0 Å². The van der Waals surface area contributed by atoms with Crippen molar-refractivity contribution < 1.29 is 28.6 Å². The SMILES string of the molecule is CCCCC/C=C\C/C=C\C/C=C\C/C=C\C/C=C\CCC(=O)OC[C@H](COC(=O)CCCCCCCCCCCCCCCCC)OC(=O)CCCCCCCCCCCCC. The molecule has 0 fully saturated rings. The van der Waals surface area contributed by atoms with Crippen molar-refractivity contribution in [2.45, 2.75) is 271 Å². The maximum absolute atomic E-state index is 12.8. The van der Waals surface area contributed by atoms with Gasteiger partial charge in [0, 0.05) is 19.3 Å². The first kappa shape index (κ1) is 60.1. The number of esters is 3. The Morgan fingerprint density at radius 1 is 0.317 bits per heavy atom. The van der Waals surface area contributed by atoms with Crippen molar-refractivity contribution in [3.05, 3.63) is 60.8 Å². The molecule has 6 heteroatoms. The second-order valence-electron chi connectivity index (χ2n) is 17.8. The third-order valence-electron chi connectivity index (χ3n) is 11.5. The molecule has 0 saturated carbocycles. The molecule has 0 bridgehead atoms. The molecular weight excluding hydrogens is 781 g/mol. The van der Waals surface area contributed by atoms with E-state index in [1.54, 1.807) is 0 Å². The van der Waals surface area contributed by atoms with E-state index in [0.717, 1.165) is 64.2 Å². The van der Waals surface area contributed by atoms with Crippen molar-refractivity contribution in [3.8, 4) is 0 Å². The molecule has 0 aliphatic heterocycles. The van der Waals surface area contributed by atoms with E-state index in [1.165, 1.54) is 154 Å². The molecule has 0 aromatic carbocycles. The average Bonchev–Trinajstić information content (AvgIpc) is 3.28. The predicted octanol–water partition coefficient (Wildman–Crippen LogP) is 17.6. The minimum atomic E-state index is -0.799. The first-order chi connectivity index (χ1) is 31.0. The van der Waals surface area contributed by atoms with Gasteiger partial charge in [0.1, 0.15) is 13.2 Å². The van der Waals surface area contributed by atoms with Crippen LogP contribution in [0.5, 0.6) is 0 Å². The summed E-state index contributed by atoms with van der Waals surface area (Å²) in [4.78, 5) is 37.9. The second-order valence-corrected chi connectivity index (χ2v) is 17.8. The number of ether oxygens (including phenoxy) is 3. The van der Waals surface area contributed by atoms with Crippen LogP contribution in [0.3, 0.4) is 0 Å². The lowest BCUT2D eigenvalue weighted by molar-refractivity contribution is -0.166. The topological polar surface area (TPSA) is 78.9 Å². The Labute approximate surface area is 390 Å². The van der Waals surface area contributed by atoms with Crippen LogP contribution in [0.15, 0.2) is 60.8 Å². The number of rotatable bonds is 48. The van der Waals surface area contributed by atoms with Gasteiger partial charge in [0.15, 0.2) is 6.10 Å². The second kappa shape index (κ2) is 51.7.